The molecule has 0 radical (unpaired) electrons. The molecule has 78 valence electrons. The Hall–Kier alpha value is -0.810. The molecule has 0 aliphatic carbocycles. The van der Waals surface area contributed by atoms with Crippen molar-refractivity contribution in [1.82, 2.24) is 5.32 Å². The fraction of sp³-hybridized carbons (Fsp3) is 0.875. The maximum absolute atomic E-state index is 9.08. The molecule has 0 saturated heterocycles. The van der Waals surface area contributed by atoms with Crippen LogP contribution in [0.4, 0.5) is 0 Å². The van der Waals surface area contributed by atoms with Gasteiger partial charge in [0.15, 0.2) is 5.84 Å². The van der Waals surface area contributed by atoms with Crippen molar-refractivity contribution in [1.29, 1.82) is 0 Å². The van der Waals surface area contributed by atoms with Crippen molar-refractivity contribution >= 4 is 5.84 Å². The van der Waals surface area contributed by atoms with Gasteiger partial charge in [0.25, 0.3) is 0 Å². The molecule has 3 atom stereocenters. The molecule has 0 amide bonds. The van der Waals surface area contributed by atoms with E-state index in [9.17, 15) is 0 Å². The van der Waals surface area contributed by atoms with Gasteiger partial charge in [0.2, 0.25) is 0 Å². The van der Waals surface area contributed by atoms with Crippen LogP contribution < -0.4 is 11.1 Å². The number of oxime groups is 1. The van der Waals surface area contributed by atoms with Crippen LogP contribution in [0.3, 0.4) is 0 Å². The largest absolute Gasteiger partial charge is 0.409 e. The normalized spacial score (nSPS) is 19.5. The third-order valence-corrected chi connectivity index (χ3v) is 1.79. The van der Waals surface area contributed by atoms with Crippen molar-refractivity contribution in [2.75, 3.05) is 0 Å². The van der Waals surface area contributed by atoms with E-state index in [-0.39, 0.29) is 24.0 Å². The van der Waals surface area contributed by atoms with E-state index in [2.05, 4.69) is 10.5 Å². The van der Waals surface area contributed by atoms with Crippen LogP contribution in [0.15, 0.2) is 5.16 Å². The molecule has 0 aromatic carbocycles. The van der Waals surface area contributed by atoms with Crippen LogP contribution >= 0.6 is 0 Å². The van der Waals surface area contributed by atoms with Gasteiger partial charge in [-0.05, 0) is 27.2 Å². The molecule has 0 rings (SSSR count). The molecule has 0 aromatic rings. The number of aliphatic hydroxyl groups is 1. The summed E-state index contributed by atoms with van der Waals surface area (Å²) in [6.07, 6.45) is 0.297. The molecular weight excluding hydrogens is 170 g/mol. The van der Waals surface area contributed by atoms with Gasteiger partial charge in [-0.25, -0.2) is 0 Å². The second-order valence-corrected chi connectivity index (χ2v) is 3.40. The third kappa shape index (κ3) is 5.43. The van der Waals surface area contributed by atoms with E-state index < -0.39 is 0 Å². The quantitative estimate of drug-likeness (QED) is 0.210. The number of aliphatic hydroxyl groups excluding tert-OH is 1. The molecule has 0 fully saturated rings. The van der Waals surface area contributed by atoms with Gasteiger partial charge in [-0.3, -0.25) is 0 Å². The lowest BCUT2D eigenvalue weighted by atomic mass is 10.1. The average Bonchev–Trinajstić information content (AvgIpc) is 2.01. The van der Waals surface area contributed by atoms with E-state index in [1.165, 1.54) is 0 Å². The molecule has 0 bridgehead atoms. The van der Waals surface area contributed by atoms with Crippen molar-refractivity contribution in [3.05, 3.63) is 0 Å². The molecule has 5 heteroatoms. The Labute approximate surface area is 78.6 Å². The molecule has 0 heterocycles. The standard InChI is InChI=1S/C8H19N3O2/c1-5(4-6(2)12)10-7(3)8(9)11-13/h5-7,10,12-13H,4H2,1-3H3,(H2,9,11). The summed E-state index contributed by atoms with van der Waals surface area (Å²) >= 11 is 0. The molecule has 0 aromatic heterocycles. The SMILES string of the molecule is CC(O)CC(C)NC(C)C(N)=NO. The lowest BCUT2D eigenvalue weighted by Gasteiger charge is -2.19. The number of nitrogens with zero attached hydrogens (tertiary/aromatic N) is 1. The Bertz CT molecular complexity index is 171. The highest BCUT2D eigenvalue weighted by atomic mass is 16.4. The molecule has 3 unspecified atom stereocenters. The minimum absolute atomic E-state index is 0.135. The van der Waals surface area contributed by atoms with E-state index in [1.54, 1.807) is 13.8 Å². The molecule has 0 aliphatic rings. The van der Waals surface area contributed by atoms with Crippen LogP contribution in [-0.4, -0.2) is 34.3 Å². The summed E-state index contributed by atoms with van der Waals surface area (Å²) in [5, 5.41) is 23.4. The Morgan fingerprint density at radius 2 is 2.00 bits per heavy atom. The molecule has 0 aliphatic heterocycles. The minimum Gasteiger partial charge on any atom is -0.409 e. The molecule has 0 spiro atoms. The van der Waals surface area contributed by atoms with Gasteiger partial charge in [0.05, 0.1) is 12.1 Å². The van der Waals surface area contributed by atoms with Crippen LogP contribution in [0.5, 0.6) is 0 Å². The van der Waals surface area contributed by atoms with Crippen LogP contribution in [0.2, 0.25) is 0 Å². The topological polar surface area (TPSA) is 90.9 Å². The number of nitrogens with two attached hydrogens (primary N) is 1. The van der Waals surface area contributed by atoms with Crippen molar-refractivity contribution in [3.8, 4) is 0 Å². The van der Waals surface area contributed by atoms with Gasteiger partial charge in [-0.2, -0.15) is 0 Å². The van der Waals surface area contributed by atoms with Crippen molar-refractivity contribution in [2.24, 2.45) is 10.9 Å². The first-order chi connectivity index (χ1) is 5.97. The van der Waals surface area contributed by atoms with Gasteiger partial charge >= 0.3 is 0 Å². The molecule has 0 saturated carbocycles. The summed E-state index contributed by atoms with van der Waals surface area (Å²) in [5.41, 5.74) is 5.37. The van der Waals surface area contributed by atoms with E-state index >= 15 is 0 Å². The van der Waals surface area contributed by atoms with E-state index in [1.807, 2.05) is 6.92 Å². The first kappa shape index (κ1) is 12.2. The summed E-state index contributed by atoms with van der Waals surface area (Å²) in [7, 11) is 0. The van der Waals surface area contributed by atoms with Gasteiger partial charge in [-0.1, -0.05) is 5.16 Å². The Balaban J connectivity index is 3.84. The number of hydrogen-bond donors (Lipinski definition) is 4. The monoisotopic (exact) mass is 189 g/mol. The molecule has 5 nitrogen and oxygen atoms in total. The Morgan fingerprint density at radius 3 is 2.38 bits per heavy atom. The van der Waals surface area contributed by atoms with Crippen LogP contribution in [0, 0.1) is 0 Å². The summed E-state index contributed by atoms with van der Waals surface area (Å²) in [6, 6.07) is -0.0472. The van der Waals surface area contributed by atoms with Crippen molar-refractivity contribution in [2.45, 2.75) is 45.4 Å². The zero-order chi connectivity index (χ0) is 10.4. The van der Waals surface area contributed by atoms with E-state index in [4.69, 9.17) is 16.0 Å². The minimum atomic E-state index is -0.345. The number of rotatable bonds is 5. The molecule has 13 heavy (non-hydrogen) atoms. The third-order valence-electron chi connectivity index (χ3n) is 1.79. The zero-order valence-corrected chi connectivity index (χ0v) is 8.36. The van der Waals surface area contributed by atoms with Gasteiger partial charge in [-0.15, -0.1) is 0 Å². The predicted molar refractivity (Wildman–Crippen MR) is 51.8 cm³/mol. The lowest BCUT2D eigenvalue weighted by molar-refractivity contribution is 0.170. The second kappa shape index (κ2) is 5.77. The average molecular weight is 189 g/mol. The number of hydrogen-bond acceptors (Lipinski definition) is 4. The van der Waals surface area contributed by atoms with E-state index in [0.717, 1.165) is 0 Å². The van der Waals surface area contributed by atoms with Gasteiger partial charge in [0.1, 0.15) is 0 Å². The smallest absolute Gasteiger partial charge is 0.156 e. The van der Waals surface area contributed by atoms with Crippen LogP contribution in [0.25, 0.3) is 0 Å². The molecule has 5 N–H and O–H groups in total. The first-order valence-electron chi connectivity index (χ1n) is 4.39. The zero-order valence-electron chi connectivity index (χ0n) is 8.36. The number of amidine groups is 1. The predicted octanol–water partition coefficient (Wildman–Crippen LogP) is -0.130. The fourth-order valence-corrected chi connectivity index (χ4v) is 1.18. The van der Waals surface area contributed by atoms with Crippen LogP contribution in [0.1, 0.15) is 27.2 Å². The highest BCUT2D eigenvalue weighted by molar-refractivity contribution is 5.84. The summed E-state index contributed by atoms with van der Waals surface area (Å²) in [6.45, 7) is 5.47. The second-order valence-electron chi connectivity index (χ2n) is 3.40. The van der Waals surface area contributed by atoms with Crippen molar-refractivity contribution < 1.29 is 10.3 Å². The van der Waals surface area contributed by atoms with E-state index in [0.29, 0.717) is 6.42 Å². The lowest BCUT2D eigenvalue weighted by Crippen LogP contribution is -2.44. The van der Waals surface area contributed by atoms with Gasteiger partial charge in [0, 0.05) is 6.04 Å². The van der Waals surface area contributed by atoms with Crippen molar-refractivity contribution in [3.63, 3.8) is 0 Å². The Morgan fingerprint density at radius 1 is 1.46 bits per heavy atom. The Kier molecular flexibility index (Phi) is 5.41. The summed E-state index contributed by atoms with van der Waals surface area (Å²) in [4.78, 5) is 0. The fourth-order valence-electron chi connectivity index (χ4n) is 1.18. The van der Waals surface area contributed by atoms with Crippen LogP contribution in [-0.2, 0) is 0 Å². The highest BCUT2D eigenvalue weighted by Crippen LogP contribution is 1.98. The molecular formula is C8H19N3O2. The maximum atomic E-state index is 9.08. The highest BCUT2D eigenvalue weighted by Gasteiger charge is 2.12. The summed E-state index contributed by atoms with van der Waals surface area (Å²) in [5.74, 6) is 0.150. The number of nitrogens with one attached hydrogen (secondary N) is 1. The maximum Gasteiger partial charge on any atom is 0.156 e. The van der Waals surface area contributed by atoms with Gasteiger partial charge < -0.3 is 21.4 Å². The first-order valence-corrected chi connectivity index (χ1v) is 4.39. The summed E-state index contributed by atoms with van der Waals surface area (Å²) < 4.78 is 0.